The molecule has 1 heterocycles. The molecule has 84 valence electrons. The van der Waals surface area contributed by atoms with Crippen molar-refractivity contribution in [1.29, 1.82) is 0 Å². The summed E-state index contributed by atoms with van der Waals surface area (Å²) in [6.07, 6.45) is 11.0. The van der Waals surface area contributed by atoms with Crippen molar-refractivity contribution in [2.45, 2.75) is 57.0 Å². The average Bonchev–Trinajstić information content (AvgIpc) is 2.80. The van der Waals surface area contributed by atoms with Crippen molar-refractivity contribution in [2.75, 3.05) is 13.1 Å². The van der Waals surface area contributed by atoms with Gasteiger partial charge >= 0.3 is 0 Å². The first-order chi connectivity index (χ1) is 7.42. The van der Waals surface area contributed by atoms with Crippen LogP contribution in [-0.2, 0) is 4.79 Å². The number of piperidine rings is 1. The van der Waals surface area contributed by atoms with Gasteiger partial charge in [0.25, 0.3) is 0 Å². The van der Waals surface area contributed by atoms with Gasteiger partial charge in [-0.15, -0.1) is 0 Å². The maximum atomic E-state index is 10.2. The van der Waals surface area contributed by atoms with Crippen LogP contribution in [0.15, 0.2) is 4.99 Å². The van der Waals surface area contributed by atoms with E-state index in [2.05, 4.69) is 9.89 Å². The summed E-state index contributed by atoms with van der Waals surface area (Å²) in [7, 11) is 0. The third-order valence-corrected chi connectivity index (χ3v) is 3.83. The maximum Gasteiger partial charge on any atom is 0.234 e. The van der Waals surface area contributed by atoms with Crippen LogP contribution in [-0.4, -0.2) is 36.2 Å². The smallest absolute Gasteiger partial charge is 0.234 e. The van der Waals surface area contributed by atoms with Crippen molar-refractivity contribution in [2.24, 2.45) is 4.99 Å². The van der Waals surface area contributed by atoms with Crippen LogP contribution in [0.25, 0.3) is 0 Å². The topological polar surface area (TPSA) is 32.7 Å². The molecule has 0 bridgehead atoms. The van der Waals surface area contributed by atoms with E-state index < -0.39 is 0 Å². The van der Waals surface area contributed by atoms with E-state index in [-0.39, 0.29) is 0 Å². The Hall–Kier alpha value is -0.660. The van der Waals surface area contributed by atoms with E-state index in [1.54, 1.807) is 6.08 Å². The van der Waals surface area contributed by atoms with Crippen molar-refractivity contribution >= 4 is 6.08 Å². The van der Waals surface area contributed by atoms with Gasteiger partial charge in [0.15, 0.2) is 0 Å². The molecule has 3 heteroatoms. The Morgan fingerprint density at radius 2 is 1.87 bits per heavy atom. The molecule has 2 fully saturated rings. The number of isocyanates is 1. The molecular formula is C12H20N2O. The van der Waals surface area contributed by atoms with Crippen LogP contribution >= 0.6 is 0 Å². The summed E-state index contributed by atoms with van der Waals surface area (Å²) in [5.74, 6) is 0. The van der Waals surface area contributed by atoms with E-state index in [0.29, 0.717) is 12.6 Å². The molecule has 3 nitrogen and oxygen atoms in total. The number of hydrogen-bond donors (Lipinski definition) is 0. The Labute approximate surface area is 91.6 Å². The molecule has 0 radical (unpaired) electrons. The van der Waals surface area contributed by atoms with Crippen molar-refractivity contribution in [3.05, 3.63) is 0 Å². The molecule has 0 aromatic heterocycles. The highest BCUT2D eigenvalue weighted by molar-refractivity contribution is 5.32. The number of rotatable bonds is 3. The monoisotopic (exact) mass is 208 g/mol. The average molecular weight is 208 g/mol. The Kier molecular flexibility index (Phi) is 3.93. The highest BCUT2D eigenvalue weighted by atomic mass is 16.1. The number of aliphatic imine (C=N–C) groups is 1. The highest BCUT2D eigenvalue weighted by Crippen LogP contribution is 2.29. The zero-order valence-corrected chi connectivity index (χ0v) is 9.32. The number of carbonyl (C=O) groups excluding carboxylic acids is 1. The molecule has 1 atom stereocenters. The fraction of sp³-hybridized carbons (Fsp3) is 0.917. The minimum absolute atomic E-state index is 0.517. The summed E-state index contributed by atoms with van der Waals surface area (Å²) in [6, 6.07) is 1.29. The van der Waals surface area contributed by atoms with Crippen molar-refractivity contribution < 1.29 is 4.79 Å². The summed E-state index contributed by atoms with van der Waals surface area (Å²) in [5.41, 5.74) is 0. The van der Waals surface area contributed by atoms with Crippen LogP contribution in [0.3, 0.4) is 0 Å². The molecule has 1 aliphatic heterocycles. The second kappa shape index (κ2) is 5.43. The van der Waals surface area contributed by atoms with Gasteiger partial charge in [-0.1, -0.05) is 19.3 Å². The van der Waals surface area contributed by atoms with E-state index >= 15 is 0 Å². The molecule has 1 unspecified atom stereocenters. The van der Waals surface area contributed by atoms with Gasteiger partial charge in [-0.2, -0.15) is 0 Å². The van der Waals surface area contributed by atoms with Gasteiger partial charge in [0, 0.05) is 12.1 Å². The number of likely N-dealkylation sites (tertiary alicyclic amines) is 1. The summed E-state index contributed by atoms with van der Waals surface area (Å²) in [6.45, 7) is 1.88. The van der Waals surface area contributed by atoms with Gasteiger partial charge in [-0.05, 0) is 32.2 Å². The summed E-state index contributed by atoms with van der Waals surface area (Å²) in [5, 5.41) is 0. The molecule has 15 heavy (non-hydrogen) atoms. The molecular weight excluding hydrogens is 188 g/mol. The lowest BCUT2D eigenvalue weighted by molar-refractivity contribution is 0.102. The molecule has 1 saturated heterocycles. The van der Waals surface area contributed by atoms with Gasteiger partial charge < -0.3 is 0 Å². The van der Waals surface area contributed by atoms with Crippen LogP contribution in [0.1, 0.15) is 44.9 Å². The molecule has 0 amide bonds. The van der Waals surface area contributed by atoms with Crippen molar-refractivity contribution in [1.82, 2.24) is 4.90 Å². The molecule has 2 aliphatic rings. The normalized spacial score (nSPS) is 28.9. The first-order valence-electron chi connectivity index (χ1n) is 6.21. The Bertz CT molecular complexity index is 242. The van der Waals surface area contributed by atoms with Gasteiger partial charge in [0.2, 0.25) is 6.08 Å². The minimum Gasteiger partial charge on any atom is -0.296 e. The second-order valence-electron chi connectivity index (χ2n) is 4.76. The van der Waals surface area contributed by atoms with Crippen LogP contribution in [0, 0.1) is 0 Å². The van der Waals surface area contributed by atoms with E-state index in [1.807, 2.05) is 0 Å². The van der Waals surface area contributed by atoms with Gasteiger partial charge in [-0.3, -0.25) is 4.90 Å². The number of hydrogen-bond acceptors (Lipinski definition) is 3. The lowest BCUT2D eigenvalue weighted by Gasteiger charge is -2.39. The number of nitrogens with zero attached hydrogens (tertiary/aromatic N) is 2. The lowest BCUT2D eigenvalue weighted by atomic mass is 9.99. The summed E-state index contributed by atoms with van der Waals surface area (Å²) >= 11 is 0. The van der Waals surface area contributed by atoms with Gasteiger partial charge in [0.1, 0.15) is 0 Å². The standard InChI is InChI=1S/C12H20N2O/c15-10-13-9-12-7-3-4-8-14(12)11-5-1-2-6-11/h11-12H,1-9H2. The third-order valence-electron chi connectivity index (χ3n) is 3.83. The summed E-state index contributed by atoms with van der Waals surface area (Å²) in [4.78, 5) is 16.5. The van der Waals surface area contributed by atoms with Gasteiger partial charge in [0.05, 0.1) is 6.54 Å². The van der Waals surface area contributed by atoms with Crippen molar-refractivity contribution in [3.8, 4) is 0 Å². The maximum absolute atomic E-state index is 10.2. The zero-order valence-electron chi connectivity index (χ0n) is 9.32. The fourth-order valence-corrected chi connectivity index (χ4v) is 3.08. The van der Waals surface area contributed by atoms with E-state index in [1.165, 1.54) is 51.5 Å². The quantitative estimate of drug-likeness (QED) is 0.525. The fourth-order valence-electron chi connectivity index (χ4n) is 3.08. The predicted molar refractivity (Wildman–Crippen MR) is 59.6 cm³/mol. The zero-order chi connectivity index (χ0) is 10.5. The molecule has 0 N–H and O–H groups in total. The van der Waals surface area contributed by atoms with Gasteiger partial charge in [-0.25, -0.2) is 9.79 Å². The van der Waals surface area contributed by atoms with Crippen LogP contribution in [0.4, 0.5) is 0 Å². The minimum atomic E-state index is 0.517. The predicted octanol–water partition coefficient (Wildman–Crippen LogP) is 2.12. The summed E-state index contributed by atoms with van der Waals surface area (Å²) < 4.78 is 0. The first-order valence-corrected chi connectivity index (χ1v) is 6.21. The molecule has 1 saturated carbocycles. The Morgan fingerprint density at radius 3 is 2.60 bits per heavy atom. The highest BCUT2D eigenvalue weighted by Gasteiger charge is 2.30. The molecule has 0 aromatic carbocycles. The van der Waals surface area contributed by atoms with Crippen LogP contribution < -0.4 is 0 Å². The third kappa shape index (κ3) is 2.67. The molecule has 0 spiro atoms. The van der Waals surface area contributed by atoms with Crippen molar-refractivity contribution in [3.63, 3.8) is 0 Å². The van der Waals surface area contributed by atoms with Crippen LogP contribution in [0.2, 0.25) is 0 Å². The van der Waals surface area contributed by atoms with Crippen LogP contribution in [0.5, 0.6) is 0 Å². The Morgan fingerprint density at radius 1 is 1.13 bits per heavy atom. The molecule has 0 aromatic rings. The lowest BCUT2D eigenvalue weighted by Crippen LogP contribution is -2.46. The van der Waals surface area contributed by atoms with E-state index in [4.69, 9.17) is 0 Å². The first kappa shape index (κ1) is 10.8. The largest absolute Gasteiger partial charge is 0.296 e. The SMILES string of the molecule is O=C=NCC1CCCCN1C1CCCC1. The molecule has 1 aliphatic carbocycles. The van der Waals surface area contributed by atoms with E-state index in [0.717, 1.165) is 6.04 Å². The Balaban J connectivity index is 1.94. The van der Waals surface area contributed by atoms with E-state index in [9.17, 15) is 4.79 Å². The second-order valence-corrected chi connectivity index (χ2v) is 4.76. The molecule has 2 rings (SSSR count).